The summed E-state index contributed by atoms with van der Waals surface area (Å²) in [6.07, 6.45) is -8.96. The highest BCUT2D eigenvalue weighted by atomic mass is 32.2. The summed E-state index contributed by atoms with van der Waals surface area (Å²) in [5, 5.41) is 13.4. The minimum atomic E-state index is -5.14. The van der Waals surface area contributed by atoms with Crippen LogP contribution < -0.4 is 5.32 Å². The molecule has 5 atom stereocenters. The number of carbonyl (C=O) groups excluding carboxylic acids is 1. The Balaban J connectivity index is 2.26. The van der Waals surface area contributed by atoms with E-state index < -0.39 is 41.9 Å². The highest BCUT2D eigenvalue weighted by Gasteiger charge is 2.54. The molecule has 0 aliphatic carbocycles. The second-order valence-electron chi connectivity index (χ2n) is 4.95. The van der Waals surface area contributed by atoms with Crippen molar-refractivity contribution in [1.29, 1.82) is 0 Å². The Hall–Kier alpha value is -1.26. The molecular weight excluding hydrogens is 325 g/mol. The van der Waals surface area contributed by atoms with Crippen LogP contribution in [0.25, 0.3) is 0 Å². The number of rotatable bonds is 2. The molecule has 10 heteroatoms. The van der Waals surface area contributed by atoms with Crippen molar-refractivity contribution in [3.8, 4) is 0 Å². The maximum atomic E-state index is 12.4. The van der Waals surface area contributed by atoms with E-state index in [0.717, 1.165) is 11.8 Å². The molecule has 2 aliphatic rings. The van der Waals surface area contributed by atoms with Gasteiger partial charge in [0.15, 0.2) is 11.3 Å². The quantitative estimate of drug-likeness (QED) is 0.572. The van der Waals surface area contributed by atoms with Gasteiger partial charge in [0.2, 0.25) is 0 Å². The van der Waals surface area contributed by atoms with Crippen LogP contribution in [0, 0.1) is 0 Å². The lowest BCUT2D eigenvalue weighted by Gasteiger charge is -2.41. The maximum Gasteiger partial charge on any atom is 0.490 e. The molecule has 6 nitrogen and oxygen atoms in total. The molecule has 124 valence electrons. The fourth-order valence-electron chi connectivity index (χ4n) is 2.25. The molecule has 0 bridgehead atoms. The summed E-state index contributed by atoms with van der Waals surface area (Å²) in [6, 6.07) is -0.833. The molecule has 2 rings (SSSR count). The largest absolute Gasteiger partial charge is 0.490 e. The van der Waals surface area contributed by atoms with Crippen molar-refractivity contribution >= 4 is 22.9 Å². The number of halogens is 3. The van der Waals surface area contributed by atoms with Crippen LogP contribution in [-0.2, 0) is 14.3 Å². The van der Waals surface area contributed by atoms with Gasteiger partial charge in [-0.3, -0.25) is 4.99 Å². The fourth-order valence-corrected chi connectivity index (χ4v) is 3.32. The van der Waals surface area contributed by atoms with Crippen molar-refractivity contribution in [2.45, 2.75) is 42.9 Å². The minimum absolute atomic E-state index is 0.418. The molecule has 0 radical (unpaired) electrons. The Morgan fingerprint density at radius 3 is 2.68 bits per heavy atom. The number of aliphatic hydroxyl groups excluding tert-OH is 1. The monoisotopic (exact) mass is 340 g/mol. The lowest BCUT2D eigenvalue weighted by atomic mass is 9.94. The highest BCUT2D eigenvalue weighted by Crippen LogP contribution is 2.37. The van der Waals surface area contributed by atoms with E-state index in [9.17, 15) is 23.1 Å². The first kappa shape index (κ1) is 17.1. The van der Waals surface area contributed by atoms with E-state index in [1.54, 1.807) is 6.92 Å². The van der Waals surface area contributed by atoms with Crippen LogP contribution in [0.4, 0.5) is 13.2 Å². The molecule has 2 fully saturated rings. The second-order valence-corrected chi connectivity index (χ2v) is 6.03. The van der Waals surface area contributed by atoms with Gasteiger partial charge in [-0.2, -0.15) is 13.2 Å². The average molecular weight is 340 g/mol. The predicted octanol–water partition coefficient (Wildman–Crippen LogP) is 0.813. The summed E-state index contributed by atoms with van der Waals surface area (Å²) in [7, 11) is 1.50. The van der Waals surface area contributed by atoms with Crippen LogP contribution in [0.2, 0.25) is 0 Å². The number of thioether (sulfide) groups is 1. The first-order valence-corrected chi connectivity index (χ1v) is 7.20. The van der Waals surface area contributed by atoms with Gasteiger partial charge in [0.05, 0.1) is 0 Å². The van der Waals surface area contributed by atoms with Gasteiger partial charge in [-0.1, -0.05) is 18.3 Å². The number of ether oxygens (including phenoxy) is 2. The topological polar surface area (TPSA) is 80.1 Å². The Bertz CT molecular complexity index is 511. The van der Waals surface area contributed by atoms with E-state index in [-0.39, 0.29) is 0 Å². The summed E-state index contributed by atoms with van der Waals surface area (Å²) >= 11 is 1.15. The number of aliphatic hydroxyl groups is 1. The molecule has 22 heavy (non-hydrogen) atoms. The van der Waals surface area contributed by atoms with Crippen LogP contribution in [0.1, 0.15) is 6.92 Å². The number of amidine groups is 1. The van der Waals surface area contributed by atoms with E-state index >= 15 is 0 Å². The molecule has 0 unspecified atom stereocenters. The van der Waals surface area contributed by atoms with Crippen LogP contribution in [0.15, 0.2) is 17.1 Å². The second kappa shape index (κ2) is 6.09. The van der Waals surface area contributed by atoms with Crippen molar-refractivity contribution in [1.82, 2.24) is 5.32 Å². The standard InChI is InChI=1S/C12H15F3N2O4S/c1-4(2)7-6(18)8(21-10(19)12(13,14)15)5-9(20-7)22-11(16-3)17-5/h5-9,18H,1H2,2-3H3,(H,16,17)/t5-,6-,7-,8-,9-/m1/s1. The van der Waals surface area contributed by atoms with E-state index in [1.165, 1.54) is 7.05 Å². The molecule has 2 N–H and O–H groups in total. The molecule has 2 heterocycles. The number of alkyl halides is 3. The van der Waals surface area contributed by atoms with Crippen LogP contribution in [0.5, 0.6) is 0 Å². The van der Waals surface area contributed by atoms with E-state index in [1.807, 2.05) is 0 Å². The molecule has 0 aromatic rings. The number of nitrogens with zero attached hydrogens (tertiary/aromatic N) is 1. The first-order valence-electron chi connectivity index (χ1n) is 6.32. The summed E-state index contributed by atoms with van der Waals surface area (Å²) < 4.78 is 47.4. The Morgan fingerprint density at radius 2 is 2.18 bits per heavy atom. The zero-order valence-electron chi connectivity index (χ0n) is 11.8. The Labute approximate surface area is 128 Å². The van der Waals surface area contributed by atoms with Gasteiger partial charge in [-0.15, -0.1) is 0 Å². The third kappa shape index (κ3) is 3.23. The van der Waals surface area contributed by atoms with Gasteiger partial charge >= 0.3 is 12.1 Å². The van der Waals surface area contributed by atoms with Crippen molar-refractivity contribution in [2.24, 2.45) is 4.99 Å². The van der Waals surface area contributed by atoms with Crippen molar-refractivity contribution < 1.29 is 32.5 Å². The smallest absolute Gasteiger partial charge is 0.450 e. The summed E-state index contributed by atoms with van der Waals surface area (Å²) in [4.78, 5) is 15.0. The third-order valence-electron chi connectivity index (χ3n) is 3.26. The minimum Gasteiger partial charge on any atom is -0.450 e. The normalized spacial score (nSPS) is 36.6. The molecule has 0 amide bonds. The number of hydrogen-bond acceptors (Lipinski definition) is 6. The number of carbonyl (C=O) groups is 1. The Kier molecular flexibility index (Phi) is 4.73. The van der Waals surface area contributed by atoms with Gasteiger partial charge in [0, 0.05) is 7.05 Å². The lowest BCUT2D eigenvalue weighted by Crippen LogP contribution is -2.61. The summed E-state index contributed by atoms with van der Waals surface area (Å²) in [5.41, 5.74) is -0.226. The van der Waals surface area contributed by atoms with E-state index in [0.29, 0.717) is 10.7 Å². The van der Waals surface area contributed by atoms with Gasteiger partial charge < -0.3 is 19.9 Å². The lowest BCUT2D eigenvalue weighted by molar-refractivity contribution is -0.222. The van der Waals surface area contributed by atoms with Crippen LogP contribution >= 0.6 is 11.8 Å². The number of nitrogens with one attached hydrogen (secondary N) is 1. The average Bonchev–Trinajstić information content (AvgIpc) is 2.83. The van der Waals surface area contributed by atoms with Crippen LogP contribution in [-0.4, -0.2) is 59.3 Å². The maximum absolute atomic E-state index is 12.4. The van der Waals surface area contributed by atoms with Gasteiger partial charge in [0.1, 0.15) is 23.7 Å². The summed E-state index contributed by atoms with van der Waals surface area (Å²) in [5.74, 6) is -2.36. The highest BCUT2D eigenvalue weighted by molar-refractivity contribution is 8.14. The summed E-state index contributed by atoms with van der Waals surface area (Å²) in [6.45, 7) is 5.21. The molecule has 0 spiro atoms. The fraction of sp³-hybridized carbons (Fsp3) is 0.667. The van der Waals surface area contributed by atoms with Crippen LogP contribution in [0.3, 0.4) is 0 Å². The van der Waals surface area contributed by atoms with Crippen molar-refractivity contribution in [3.63, 3.8) is 0 Å². The molecule has 0 aromatic carbocycles. The molecule has 2 saturated heterocycles. The van der Waals surface area contributed by atoms with Gasteiger partial charge in [0.25, 0.3) is 0 Å². The van der Waals surface area contributed by atoms with Crippen molar-refractivity contribution in [3.05, 3.63) is 12.2 Å². The van der Waals surface area contributed by atoms with E-state index in [2.05, 4.69) is 21.6 Å². The molecule has 2 aliphatic heterocycles. The SMILES string of the molecule is C=C(C)[C@H]1O[C@@H]2SC(=NC)N[C@@H]2[C@@H](OC(=O)C(F)(F)F)[C@@H]1O. The molecule has 0 aromatic heterocycles. The number of fused-ring (bicyclic) bond motifs is 1. The molecular formula is C12H15F3N2O4S. The Morgan fingerprint density at radius 1 is 1.55 bits per heavy atom. The van der Waals surface area contributed by atoms with Gasteiger partial charge in [-0.25, -0.2) is 4.79 Å². The van der Waals surface area contributed by atoms with Crippen molar-refractivity contribution in [2.75, 3.05) is 7.05 Å². The number of aliphatic imine (C=N–C) groups is 1. The third-order valence-corrected chi connectivity index (χ3v) is 4.42. The number of hydrogen-bond donors (Lipinski definition) is 2. The zero-order chi connectivity index (χ0) is 16.7. The predicted molar refractivity (Wildman–Crippen MR) is 73.3 cm³/mol. The molecule has 0 saturated carbocycles. The first-order chi connectivity index (χ1) is 10.1. The van der Waals surface area contributed by atoms with Gasteiger partial charge in [-0.05, 0) is 12.5 Å². The number of esters is 1. The zero-order valence-corrected chi connectivity index (χ0v) is 12.6. The van der Waals surface area contributed by atoms with E-state index in [4.69, 9.17) is 4.74 Å².